The predicted molar refractivity (Wildman–Crippen MR) is 403 cm³/mol. The van der Waals surface area contributed by atoms with Gasteiger partial charge >= 0.3 is 0 Å². The van der Waals surface area contributed by atoms with Crippen molar-refractivity contribution in [2.24, 2.45) is 34.1 Å². The number of aromatic nitrogens is 7. The number of ether oxygens (including phenoxy) is 2. The van der Waals surface area contributed by atoms with E-state index in [4.69, 9.17) is 9.47 Å². The van der Waals surface area contributed by atoms with Crippen LogP contribution in [0.25, 0.3) is 0 Å². The molecule has 0 bridgehead atoms. The molecule has 1 N–H and O–H groups in total. The number of aryl methyl sites for hydroxylation is 5. The lowest BCUT2D eigenvalue weighted by Crippen LogP contribution is -2.36. The van der Waals surface area contributed by atoms with Crippen molar-refractivity contribution in [3.05, 3.63) is 315 Å². The van der Waals surface area contributed by atoms with Crippen LogP contribution in [0.5, 0.6) is 11.5 Å². The van der Waals surface area contributed by atoms with Crippen LogP contribution in [0.4, 0.5) is 34.3 Å². The molecule has 103 heavy (non-hydrogen) atoms. The predicted octanol–water partition coefficient (Wildman–Crippen LogP) is 15.6. The van der Waals surface area contributed by atoms with Crippen molar-refractivity contribution < 1.29 is 28.7 Å². The Balaban J connectivity index is 0.000000117. The van der Waals surface area contributed by atoms with E-state index in [2.05, 4.69) is 79.7 Å². The summed E-state index contributed by atoms with van der Waals surface area (Å²) >= 11 is 0. The van der Waals surface area contributed by atoms with Gasteiger partial charge in [0.2, 0.25) is 5.91 Å². The van der Waals surface area contributed by atoms with E-state index in [-0.39, 0.29) is 23.6 Å². The summed E-state index contributed by atoms with van der Waals surface area (Å²) in [6, 6.07) is 66.9. The highest BCUT2D eigenvalue weighted by Crippen LogP contribution is 2.40. The fourth-order valence-electron chi connectivity index (χ4n) is 14.4. The third-order valence-corrected chi connectivity index (χ3v) is 20.2. The van der Waals surface area contributed by atoms with E-state index in [0.29, 0.717) is 55.4 Å². The van der Waals surface area contributed by atoms with Crippen LogP contribution in [0.15, 0.2) is 231 Å². The first-order valence-corrected chi connectivity index (χ1v) is 35.2. The molecule has 8 heterocycles. The van der Waals surface area contributed by atoms with E-state index in [1.54, 1.807) is 16.7 Å². The van der Waals surface area contributed by atoms with Gasteiger partial charge in [0.15, 0.2) is 0 Å². The Kier molecular flexibility index (Phi) is 20.1. The van der Waals surface area contributed by atoms with E-state index >= 15 is 0 Å². The van der Waals surface area contributed by atoms with Crippen molar-refractivity contribution in [1.29, 1.82) is 0 Å². The monoisotopic (exact) mass is 1370 g/mol. The Morgan fingerprint density at radius 1 is 0.437 bits per heavy atom. The minimum absolute atomic E-state index is 0.0130. The molecular formula is C85H84N12O6. The number of carbonyl (C=O) groups excluding carboxylic acids is 4. The zero-order valence-corrected chi connectivity index (χ0v) is 59.1. The lowest BCUT2D eigenvalue weighted by Gasteiger charge is -2.29. The molecule has 4 aliphatic heterocycles. The van der Waals surface area contributed by atoms with Crippen molar-refractivity contribution >= 4 is 57.9 Å². The Morgan fingerprint density at radius 2 is 0.913 bits per heavy atom. The number of amides is 4. The average molecular weight is 1370 g/mol. The van der Waals surface area contributed by atoms with Crippen LogP contribution in [-0.2, 0) is 85.0 Å². The van der Waals surface area contributed by atoms with Gasteiger partial charge in [0.1, 0.15) is 23.9 Å². The maximum Gasteiger partial charge on any atom is 0.258 e. The smallest absolute Gasteiger partial charge is 0.258 e. The lowest BCUT2D eigenvalue weighted by molar-refractivity contribution is -0.123. The van der Waals surface area contributed by atoms with Gasteiger partial charge in [0.05, 0.1) is 68.9 Å². The average Bonchev–Trinajstić information content (AvgIpc) is 1.69. The van der Waals surface area contributed by atoms with Crippen molar-refractivity contribution in [2.45, 2.75) is 91.1 Å². The molecule has 0 unspecified atom stereocenters. The maximum absolute atomic E-state index is 13.5. The number of benzene rings is 8. The Hall–Kier alpha value is -12.1. The number of fused-ring (bicyclic) bond motifs is 8. The Morgan fingerprint density at radius 3 is 1.54 bits per heavy atom. The summed E-state index contributed by atoms with van der Waals surface area (Å²) in [7, 11) is 9.52. The quantitative estimate of drug-likeness (QED) is 0.154. The highest BCUT2D eigenvalue weighted by molar-refractivity contribution is 6.09. The highest BCUT2D eigenvalue weighted by Gasteiger charge is 2.33. The van der Waals surface area contributed by atoms with Crippen LogP contribution >= 0.6 is 0 Å². The topological polar surface area (TPSA) is 170 Å². The van der Waals surface area contributed by atoms with E-state index in [1.807, 2.05) is 236 Å². The number of carbonyl (C=O) groups is 4. The van der Waals surface area contributed by atoms with Crippen LogP contribution in [0.3, 0.4) is 0 Å². The normalized spacial score (nSPS) is 14.0. The van der Waals surface area contributed by atoms with E-state index in [0.717, 1.165) is 128 Å². The number of para-hydroxylation sites is 4. The summed E-state index contributed by atoms with van der Waals surface area (Å²) < 4.78 is 19.0. The van der Waals surface area contributed by atoms with Gasteiger partial charge in [-0.25, -0.2) is 0 Å². The highest BCUT2D eigenvalue weighted by atomic mass is 16.5. The van der Waals surface area contributed by atoms with Gasteiger partial charge in [-0.15, -0.1) is 0 Å². The zero-order valence-electron chi connectivity index (χ0n) is 59.1. The minimum Gasteiger partial charge on any atom is -0.497 e. The second kappa shape index (κ2) is 30.4. The standard InChI is InChI=1S/C26H23N3O2.C20H19N3O2.C20H24N2O.C19H18N4O/c1-28-25-15-21-9-5-6-10-24(21)29(17-22(25)16-27-28)26(30)20-11-13-23(14-12-20)31-18-19-7-3-2-4-8-19;1-22-18-10-15-8-9-17(25-2)11-19(15)23(13-16(18)12-21-22)20(24)14-6-4-3-5-7-14;1-21-12-11-17-14-22(20(23)15-7-3-2-4-8-15)18-10-6-5-9-16(18)13-19(17)21;1-13-7-9-14(10-8-13)19(24)23-12-15-11-20-22(2)18(15)21-16-5-3-4-6-17(16)23/h2-14,16H,15,17-18H2,1H3;3-9,11-12H,10,13H2,1-2H3;5-6,9-12,15H,2-4,7-8,13-14H2,1H3;3-11,21H,12H2,1-2H3. The van der Waals surface area contributed by atoms with Gasteiger partial charge < -0.3 is 39.0 Å². The molecule has 0 atom stereocenters. The summed E-state index contributed by atoms with van der Waals surface area (Å²) in [4.78, 5) is 60.5. The SMILES string of the molecule is COc1ccc2c(c1)N(C(=O)c1ccccc1)Cc1cnn(C)c1C2.Cc1ccc(C(=O)N2Cc3cnn(C)c3Nc3ccccc32)cc1.Cn1ccc2c1Cc1ccccc1N(C(=O)C1CCCCC1)C2.Cn1ncc2c1Cc1ccccc1N(C(=O)c1ccc(OCc3ccccc3)cc1)C2. The van der Waals surface area contributed by atoms with Gasteiger partial charge in [-0.3, -0.25) is 33.2 Å². The molecule has 17 rings (SSSR count). The van der Waals surface area contributed by atoms with Crippen LogP contribution in [-0.4, -0.2) is 64.6 Å². The first kappa shape index (κ1) is 68.1. The molecule has 520 valence electrons. The molecule has 4 aromatic heterocycles. The first-order valence-electron chi connectivity index (χ1n) is 35.2. The summed E-state index contributed by atoms with van der Waals surface area (Å²) in [5.41, 5.74) is 20.5. The Labute approximate surface area is 601 Å². The molecule has 12 aromatic rings. The number of anilines is 6. The number of nitrogens with one attached hydrogen (secondary N) is 1. The van der Waals surface area contributed by atoms with Gasteiger partial charge in [0.25, 0.3) is 17.7 Å². The number of rotatable bonds is 8. The van der Waals surface area contributed by atoms with Gasteiger partial charge in [-0.1, -0.05) is 140 Å². The lowest BCUT2D eigenvalue weighted by atomic mass is 9.88. The van der Waals surface area contributed by atoms with Gasteiger partial charge in [-0.05, 0) is 133 Å². The summed E-state index contributed by atoms with van der Waals surface area (Å²) in [5.74, 6) is 2.88. The molecule has 0 radical (unpaired) electrons. The minimum atomic E-state index is -0.0289. The second-order valence-electron chi connectivity index (χ2n) is 26.9. The molecular weight excluding hydrogens is 1290 g/mol. The molecule has 1 aliphatic carbocycles. The fourth-order valence-corrected chi connectivity index (χ4v) is 14.4. The number of methoxy groups -OCH3 is 1. The number of hydrogen-bond donors (Lipinski definition) is 1. The number of hydrogen-bond acceptors (Lipinski definition) is 10. The van der Waals surface area contributed by atoms with Gasteiger partial charge in [0, 0.05) is 127 Å². The molecule has 18 nitrogen and oxygen atoms in total. The largest absolute Gasteiger partial charge is 0.497 e. The second-order valence-corrected chi connectivity index (χ2v) is 26.9. The van der Waals surface area contributed by atoms with Crippen LogP contribution in [0, 0.1) is 12.8 Å². The maximum atomic E-state index is 13.5. The summed E-state index contributed by atoms with van der Waals surface area (Å²) in [6.07, 6.45) is 15.8. The van der Waals surface area contributed by atoms with Crippen LogP contribution < -0.4 is 34.4 Å². The molecule has 4 amide bonds. The molecule has 18 heteroatoms. The molecule has 5 aliphatic rings. The van der Waals surface area contributed by atoms with Crippen LogP contribution in [0.2, 0.25) is 0 Å². The third-order valence-electron chi connectivity index (χ3n) is 20.2. The summed E-state index contributed by atoms with van der Waals surface area (Å²) in [5, 5.41) is 16.5. The van der Waals surface area contributed by atoms with Crippen molar-refractivity contribution in [3.63, 3.8) is 0 Å². The fraction of sp³-hybridized carbons (Fsp3) is 0.235. The van der Waals surface area contributed by atoms with E-state index < -0.39 is 0 Å². The van der Waals surface area contributed by atoms with Gasteiger partial charge in [-0.2, -0.15) is 15.3 Å². The third kappa shape index (κ3) is 14.8. The Bertz CT molecular complexity index is 5030. The first-order chi connectivity index (χ1) is 50.2. The molecule has 8 aromatic carbocycles. The zero-order chi connectivity index (χ0) is 71.1. The van der Waals surface area contributed by atoms with E-state index in [9.17, 15) is 19.2 Å². The summed E-state index contributed by atoms with van der Waals surface area (Å²) in [6.45, 7) is 4.71. The van der Waals surface area contributed by atoms with Crippen molar-refractivity contribution in [1.82, 2.24) is 33.9 Å². The molecule has 0 spiro atoms. The molecule has 1 fully saturated rings. The van der Waals surface area contributed by atoms with Crippen molar-refractivity contribution in [3.8, 4) is 11.5 Å². The molecule has 1 saturated carbocycles. The molecule has 0 saturated heterocycles. The number of nitrogens with zero attached hydrogens (tertiary/aromatic N) is 11. The van der Waals surface area contributed by atoms with Crippen molar-refractivity contribution in [2.75, 3.05) is 32.0 Å². The van der Waals surface area contributed by atoms with E-state index in [1.165, 1.54) is 36.1 Å². The van der Waals surface area contributed by atoms with Crippen LogP contribution in [0.1, 0.15) is 130 Å².